The predicted octanol–water partition coefficient (Wildman–Crippen LogP) is 8.79. The Morgan fingerprint density at radius 2 is 1.65 bits per heavy atom. The van der Waals surface area contributed by atoms with E-state index in [-0.39, 0.29) is 17.4 Å². The number of nitrogens with one attached hydrogen (secondary N) is 5. The van der Waals surface area contributed by atoms with E-state index in [2.05, 4.69) is 49.2 Å². The van der Waals surface area contributed by atoms with Gasteiger partial charge in [0.05, 0.1) is 23.6 Å². The molecule has 1 aliphatic carbocycles. The molecule has 0 spiro atoms. The van der Waals surface area contributed by atoms with Crippen LogP contribution in [0, 0.1) is 18.8 Å². The summed E-state index contributed by atoms with van der Waals surface area (Å²) in [7, 11) is 0. The Morgan fingerprint density at radius 1 is 0.922 bits per heavy atom. The minimum atomic E-state index is -4.55. The smallest absolute Gasteiger partial charge is 0.353 e. The van der Waals surface area contributed by atoms with Crippen molar-refractivity contribution in [1.29, 1.82) is 0 Å². The Morgan fingerprint density at radius 3 is 2.35 bits per heavy atom. The summed E-state index contributed by atoms with van der Waals surface area (Å²) in [4.78, 5) is 34.5. The van der Waals surface area contributed by atoms with Gasteiger partial charge in [-0.3, -0.25) is 9.59 Å². The van der Waals surface area contributed by atoms with Crippen molar-refractivity contribution in [2.75, 3.05) is 34.4 Å². The van der Waals surface area contributed by atoms with E-state index in [1.807, 2.05) is 44.2 Å². The first-order valence-electron chi connectivity index (χ1n) is 16.9. The fourth-order valence-electron chi connectivity index (χ4n) is 5.52. The van der Waals surface area contributed by atoms with Gasteiger partial charge in [-0.15, -0.1) is 6.58 Å². The average Bonchev–Trinajstić information content (AvgIpc) is 3.07. The summed E-state index contributed by atoms with van der Waals surface area (Å²) >= 11 is 0. The van der Waals surface area contributed by atoms with E-state index < -0.39 is 17.6 Å². The van der Waals surface area contributed by atoms with Crippen LogP contribution < -0.4 is 26.6 Å². The molecule has 2 amide bonds. The first-order chi connectivity index (χ1) is 24.5. The Hall–Kier alpha value is -5.49. The highest BCUT2D eigenvalue weighted by Crippen LogP contribution is 2.34. The van der Waals surface area contributed by atoms with Crippen LogP contribution in [-0.4, -0.2) is 34.9 Å². The third-order valence-electron chi connectivity index (χ3n) is 8.44. The molecular weight excluding hydrogens is 655 g/mol. The van der Waals surface area contributed by atoms with Crippen LogP contribution in [0.2, 0.25) is 0 Å². The molecule has 0 saturated heterocycles. The maximum Gasteiger partial charge on any atom is 0.416 e. The number of aromatic nitrogens is 2. The van der Waals surface area contributed by atoms with Gasteiger partial charge >= 0.3 is 6.18 Å². The summed E-state index contributed by atoms with van der Waals surface area (Å²) in [5.74, 6) is 0.201. The normalized spacial score (nSPS) is 13.9. The van der Waals surface area contributed by atoms with E-state index >= 15 is 0 Å². The quantitative estimate of drug-likeness (QED) is 0.0622. The van der Waals surface area contributed by atoms with Gasteiger partial charge < -0.3 is 26.6 Å². The number of hydrogen-bond acceptors (Lipinski definition) is 7. The summed E-state index contributed by atoms with van der Waals surface area (Å²) in [6.45, 7) is 9.07. The van der Waals surface area contributed by atoms with Crippen LogP contribution in [0.1, 0.15) is 59.7 Å². The van der Waals surface area contributed by atoms with Gasteiger partial charge in [-0.05, 0) is 92.2 Å². The molecule has 0 aliphatic heterocycles. The van der Waals surface area contributed by atoms with Crippen molar-refractivity contribution in [3.8, 4) is 0 Å². The standard InChI is InChI=1S/C39H42F3N7O2/c1-4-16-43-22-25(2)17-36(50)47-30-12-7-13-31(20-30)49-38-44-23-33(24-45-38)46-35(18-27-8-5-9-27)34-21-32(15-14-26(34)3)48-37(51)28-10-6-11-29(19-28)39(40,41)42/h4,6-7,10-15,18-21,23-25,27,43,46H,1,5,8-9,16-17,22H2,2-3H3,(H,47,50)(H,48,51)(H,44,45,49)/b35-18-. The number of hydrogen-bond donors (Lipinski definition) is 5. The molecule has 4 aromatic rings. The maximum absolute atomic E-state index is 13.2. The molecule has 12 heteroatoms. The summed E-state index contributed by atoms with van der Waals surface area (Å²) < 4.78 is 39.7. The van der Waals surface area contributed by atoms with Gasteiger partial charge in [0.25, 0.3) is 5.91 Å². The minimum absolute atomic E-state index is 0.0728. The second-order valence-electron chi connectivity index (χ2n) is 12.8. The highest BCUT2D eigenvalue weighted by Gasteiger charge is 2.31. The van der Waals surface area contributed by atoms with Crippen LogP contribution in [-0.2, 0) is 11.0 Å². The summed E-state index contributed by atoms with van der Waals surface area (Å²) in [5, 5.41) is 15.5. The number of alkyl halides is 3. The van der Waals surface area contributed by atoms with E-state index in [0.29, 0.717) is 47.6 Å². The van der Waals surface area contributed by atoms with Gasteiger partial charge in [0.1, 0.15) is 0 Å². The van der Waals surface area contributed by atoms with Crippen molar-refractivity contribution < 1.29 is 22.8 Å². The maximum atomic E-state index is 13.2. The Bertz CT molecular complexity index is 1870. The second kappa shape index (κ2) is 16.9. The lowest BCUT2D eigenvalue weighted by molar-refractivity contribution is -0.137. The average molecular weight is 698 g/mol. The molecule has 1 heterocycles. The van der Waals surface area contributed by atoms with Crippen LogP contribution in [0.25, 0.3) is 5.70 Å². The van der Waals surface area contributed by atoms with Gasteiger partial charge in [-0.2, -0.15) is 13.2 Å². The minimum Gasteiger partial charge on any atom is -0.353 e. The van der Waals surface area contributed by atoms with E-state index in [1.165, 1.54) is 12.1 Å². The van der Waals surface area contributed by atoms with Crippen LogP contribution in [0.5, 0.6) is 0 Å². The molecule has 1 atom stereocenters. The Kier molecular flexibility index (Phi) is 12.2. The lowest BCUT2D eigenvalue weighted by Gasteiger charge is -2.24. The fourth-order valence-corrected chi connectivity index (χ4v) is 5.52. The molecule has 0 radical (unpaired) electrons. The van der Waals surface area contributed by atoms with Crippen molar-refractivity contribution in [1.82, 2.24) is 15.3 Å². The zero-order chi connectivity index (χ0) is 36.4. The number of rotatable bonds is 15. The summed E-state index contributed by atoms with van der Waals surface area (Å²) in [6, 6.07) is 17.1. The van der Waals surface area contributed by atoms with E-state index in [0.717, 1.165) is 54.8 Å². The molecular formula is C39H42F3N7O2. The summed E-state index contributed by atoms with van der Waals surface area (Å²) in [6.07, 6.45) is 6.35. The van der Waals surface area contributed by atoms with Gasteiger partial charge in [0.2, 0.25) is 11.9 Å². The molecule has 1 fully saturated rings. The number of benzene rings is 3. The highest BCUT2D eigenvalue weighted by atomic mass is 19.4. The molecule has 1 aliphatic rings. The van der Waals surface area contributed by atoms with Crippen LogP contribution >= 0.6 is 0 Å². The third kappa shape index (κ3) is 10.7. The number of carbonyl (C=O) groups is 2. The molecule has 0 bridgehead atoms. The zero-order valence-corrected chi connectivity index (χ0v) is 28.6. The fraction of sp³-hybridized carbons (Fsp3) is 0.282. The van der Waals surface area contributed by atoms with E-state index in [4.69, 9.17) is 0 Å². The Labute approximate surface area is 295 Å². The van der Waals surface area contributed by atoms with E-state index in [9.17, 15) is 22.8 Å². The van der Waals surface area contributed by atoms with Crippen LogP contribution in [0.3, 0.4) is 0 Å². The topological polar surface area (TPSA) is 120 Å². The molecule has 1 saturated carbocycles. The van der Waals surface area contributed by atoms with Crippen molar-refractivity contribution in [2.24, 2.45) is 11.8 Å². The van der Waals surface area contributed by atoms with Crippen molar-refractivity contribution >= 4 is 46.2 Å². The lowest BCUT2D eigenvalue weighted by Crippen LogP contribution is -2.25. The predicted molar refractivity (Wildman–Crippen MR) is 197 cm³/mol. The first kappa shape index (κ1) is 36.8. The Balaban J connectivity index is 1.25. The lowest BCUT2D eigenvalue weighted by atomic mass is 9.84. The van der Waals surface area contributed by atoms with Gasteiger partial charge in [-0.1, -0.05) is 43.7 Å². The van der Waals surface area contributed by atoms with Crippen LogP contribution in [0.15, 0.2) is 97.9 Å². The number of aryl methyl sites for hydroxylation is 1. The largest absolute Gasteiger partial charge is 0.416 e. The first-order valence-corrected chi connectivity index (χ1v) is 16.9. The molecule has 266 valence electrons. The number of anilines is 5. The van der Waals surface area contributed by atoms with Crippen molar-refractivity contribution in [3.63, 3.8) is 0 Å². The number of amides is 2. The van der Waals surface area contributed by atoms with Crippen molar-refractivity contribution in [2.45, 2.75) is 45.7 Å². The molecule has 9 nitrogen and oxygen atoms in total. The molecule has 3 aromatic carbocycles. The molecule has 5 rings (SSSR count). The van der Waals surface area contributed by atoms with Gasteiger partial charge in [0, 0.05) is 46.9 Å². The SMILES string of the molecule is C=CCNCC(C)CC(=O)Nc1cccc(Nc2ncc(N/C(=C\C3CCC3)c3cc(NC(=O)c4cccc(C(F)(F)F)c4)ccc3C)cn2)c1. The molecule has 51 heavy (non-hydrogen) atoms. The van der Waals surface area contributed by atoms with E-state index in [1.54, 1.807) is 30.6 Å². The molecule has 1 unspecified atom stereocenters. The van der Waals surface area contributed by atoms with Crippen LogP contribution in [0.4, 0.5) is 41.9 Å². The molecule has 1 aromatic heterocycles. The third-order valence-corrected chi connectivity index (χ3v) is 8.44. The number of allylic oxidation sites excluding steroid dienone is 1. The van der Waals surface area contributed by atoms with Crippen molar-refractivity contribution in [3.05, 3.63) is 120 Å². The number of nitrogens with zero attached hydrogens (tertiary/aromatic N) is 2. The second-order valence-corrected chi connectivity index (χ2v) is 12.8. The zero-order valence-electron chi connectivity index (χ0n) is 28.6. The number of carbonyl (C=O) groups excluding carboxylic acids is 2. The molecule has 5 N–H and O–H groups in total. The highest BCUT2D eigenvalue weighted by molar-refractivity contribution is 6.04. The monoisotopic (exact) mass is 697 g/mol. The number of halogens is 3. The van der Waals surface area contributed by atoms with Gasteiger partial charge in [0.15, 0.2) is 0 Å². The summed E-state index contributed by atoms with van der Waals surface area (Å²) in [5.41, 5.74) is 4.06. The van der Waals surface area contributed by atoms with Gasteiger partial charge in [-0.25, -0.2) is 9.97 Å².